The molecule has 3 heterocycles. The molecule has 0 radical (unpaired) electrons. The van der Waals surface area contributed by atoms with E-state index in [-0.39, 0.29) is 24.1 Å². The number of anilines is 1. The molecule has 3 saturated heterocycles. The van der Waals surface area contributed by atoms with Crippen LogP contribution < -0.4 is 20.4 Å². The number of piperidine rings is 2. The van der Waals surface area contributed by atoms with Gasteiger partial charge >= 0.3 is 7.12 Å². The zero-order valence-electron chi connectivity index (χ0n) is 22.8. The van der Waals surface area contributed by atoms with Crippen molar-refractivity contribution < 1.29 is 28.0 Å². The minimum Gasteiger partial charge on any atom is -0.497 e. The smallest absolute Gasteiger partial charge is 0.497 e. The van der Waals surface area contributed by atoms with Crippen molar-refractivity contribution in [3.05, 3.63) is 53.3 Å². The summed E-state index contributed by atoms with van der Waals surface area (Å²) in [5.41, 5.74) is 2.38. The Labute approximate surface area is 224 Å². The third-order valence-corrected chi connectivity index (χ3v) is 8.69. The van der Waals surface area contributed by atoms with Crippen LogP contribution in [0.15, 0.2) is 36.4 Å². The number of halogens is 1. The molecule has 1 unspecified atom stereocenters. The number of benzene rings is 2. The number of rotatable bonds is 5. The monoisotopic (exact) mass is 522 g/mol. The van der Waals surface area contributed by atoms with E-state index in [1.807, 2.05) is 39.8 Å². The highest BCUT2D eigenvalue weighted by Gasteiger charge is 2.52. The van der Waals surface area contributed by atoms with Crippen molar-refractivity contribution in [3.8, 4) is 5.75 Å². The molecule has 7 nitrogen and oxygen atoms in total. The van der Waals surface area contributed by atoms with Gasteiger partial charge in [-0.2, -0.15) is 0 Å². The summed E-state index contributed by atoms with van der Waals surface area (Å²) in [5.74, 6) is -0.367. The molecule has 5 rings (SSSR count). The summed E-state index contributed by atoms with van der Waals surface area (Å²) < 4.78 is 33.3. The van der Waals surface area contributed by atoms with Gasteiger partial charge in [-0.05, 0) is 82.2 Å². The van der Waals surface area contributed by atoms with E-state index in [0.29, 0.717) is 23.6 Å². The molecular formula is C29H36BFN2O5. The van der Waals surface area contributed by atoms with E-state index in [1.165, 1.54) is 11.6 Å². The Morgan fingerprint density at radius 3 is 2.24 bits per heavy atom. The highest BCUT2D eigenvalue weighted by Crippen LogP contribution is 2.38. The second kappa shape index (κ2) is 10.0. The quantitative estimate of drug-likeness (QED) is 0.472. The largest absolute Gasteiger partial charge is 0.498 e. The number of hydrogen-bond acceptors (Lipinski definition) is 6. The standard InChI is InChI=1S/C29H36BFN2O5/c1-28(2)29(3,4)38-30(37-28)22-9-6-19(17-25(22)36-5)18-12-14-33(15-13-18)24-10-7-20(16-23(24)31)21-8-11-26(34)32-27(21)35/h6-7,9-10,16-18,21H,8,11-15H2,1-5H3,(H,32,34,35). The molecule has 2 amide bonds. The zero-order chi connectivity index (χ0) is 27.2. The number of carbonyl (C=O) groups is 2. The summed E-state index contributed by atoms with van der Waals surface area (Å²) in [5, 5.41) is 2.35. The van der Waals surface area contributed by atoms with Crippen molar-refractivity contribution in [2.75, 3.05) is 25.1 Å². The van der Waals surface area contributed by atoms with Crippen LogP contribution in [0, 0.1) is 5.82 Å². The van der Waals surface area contributed by atoms with Gasteiger partial charge in [0.05, 0.1) is 29.9 Å². The van der Waals surface area contributed by atoms with E-state index >= 15 is 4.39 Å². The highest BCUT2D eigenvalue weighted by atomic mass is 19.1. The maximum Gasteiger partial charge on any atom is 0.498 e. The molecule has 202 valence electrons. The lowest BCUT2D eigenvalue weighted by Gasteiger charge is -2.34. The molecule has 3 fully saturated rings. The van der Waals surface area contributed by atoms with Crippen LogP contribution in [0.25, 0.3) is 0 Å². The van der Waals surface area contributed by atoms with Crippen molar-refractivity contribution in [3.63, 3.8) is 0 Å². The van der Waals surface area contributed by atoms with Crippen LogP contribution in [-0.2, 0) is 18.9 Å². The Morgan fingerprint density at radius 1 is 0.974 bits per heavy atom. The Balaban J connectivity index is 1.25. The van der Waals surface area contributed by atoms with Gasteiger partial charge in [-0.25, -0.2) is 4.39 Å². The number of nitrogens with zero attached hydrogens (tertiary/aromatic N) is 1. The molecule has 1 atom stereocenters. The van der Waals surface area contributed by atoms with Crippen LogP contribution in [0.1, 0.15) is 76.3 Å². The SMILES string of the molecule is COc1cc(C2CCN(c3ccc(C4CCC(=O)NC4=O)cc3F)CC2)ccc1B1OC(C)(C)C(C)(C)O1. The van der Waals surface area contributed by atoms with Crippen LogP contribution in [0.3, 0.4) is 0 Å². The predicted molar refractivity (Wildman–Crippen MR) is 144 cm³/mol. The number of hydrogen-bond donors (Lipinski definition) is 1. The minimum atomic E-state index is -0.489. The highest BCUT2D eigenvalue weighted by molar-refractivity contribution is 6.63. The van der Waals surface area contributed by atoms with Gasteiger partial charge in [-0.3, -0.25) is 14.9 Å². The summed E-state index contributed by atoms with van der Waals surface area (Å²) in [7, 11) is 1.18. The fraction of sp³-hybridized carbons (Fsp3) is 0.517. The van der Waals surface area contributed by atoms with Crippen molar-refractivity contribution in [1.82, 2.24) is 5.32 Å². The van der Waals surface area contributed by atoms with Gasteiger partial charge in [-0.1, -0.05) is 18.2 Å². The summed E-state index contributed by atoms with van der Waals surface area (Å²) in [6.07, 6.45) is 2.45. The Morgan fingerprint density at radius 2 is 1.63 bits per heavy atom. The molecule has 9 heteroatoms. The maximum absolute atomic E-state index is 15.1. The molecule has 2 aromatic carbocycles. The molecule has 3 aliphatic heterocycles. The van der Waals surface area contributed by atoms with Gasteiger partial charge in [0.1, 0.15) is 11.6 Å². The zero-order valence-corrected chi connectivity index (χ0v) is 22.8. The Hall–Kier alpha value is -2.91. The molecule has 0 bridgehead atoms. The molecule has 38 heavy (non-hydrogen) atoms. The van der Waals surface area contributed by atoms with Gasteiger partial charge in [0.2, 0.25) is 11.8 Å². The number of nitrogens with one attached hydrogen (secondary N) is 1. The van der Waals surface area contributed by atoms with Crippen LogP contribution >= 0.6 is 0 Å². The second-order valence-electron chi connectivity index (χ2n) is 11.6. The summed E-state index contributed by atoms with van der Waals surface area (Å²) in [4.78, 5) is 25.7. The van der Waals surface area contributed by atoms with E-state index in [9.17, 15) is 9.59 Å². The van der Waals surface area contributed by atoms with Crippen molar-refractivity contribution >= 4 is 30.1 Å². The molecule has 1 N–H and O–H groups in total. The lowest BCUT2D eigenvalue weighted by molar-refractivity contribution is -0.134. The van der Waals surface area contributed by atoms with Crippen LogP contribution in [0.2, 0.25) is 0 Å². The third kappa shape index (κ3) is 4.94. The molecule has 2 aromatic rings. The predicted octanol–water partition coefficient (Wildman–Crippen LogP) is 4.04. The summed E-state index contributed by atoms with van der Waals surface area (Å²) >= 11 is 0. The average Bonchev–Trinajstić information content (AvgIpc) is 3.10. The van der Waals surface area contributed by atoms with Crippen molar-refractivity contribution in [2.24, 2.45) is 0 Å². The first-order chi connectivity index (χ1) is 18.0. The number of amides is 2. The lowest BCUT2D eigenvalue weighted by Crippen LogP contribution is -2.41. The van der Waals surface area contributed by atoms with E-state index < -0.39 is 24.2 Å². The summed E-state index contributed by atoms with van der Waals surface area (Å²) in [6.45, 7) is 9.58. The Kier molecular flexibility index (Phi) is 7.03. The fourth-order valence-electron chi connectivity index (χ4n) is 5.61. The maximum atomic E-state index is 15.1. The summed E-state index contributed by atoms with van der Waals surface area (Å²) in [6, 6.07) is 11.3. The van der Waals surface area contributed by atoms with Crippen molar-refractivity contribution in [2.45, 2.75) is 76.4 Å². The molecule has 0 saturated carbocycles. The van der Waals surface area contributed by atoms with Crippen LogP contribution in [0.4, 0.5) is 10.1 Å². The van der Waals surface area contributed by atoms with Gasteiger partial charge < -0.3 is 18.9 Å². The van der Waals surface area contributed by atoms with E-state index in [1.54, 1.807) is 13.2 Å². The van der Waals surface area contributed by atoms with E-state index in [4.69, 9.17) is 14.0 Å². The molecule has 3 aliphatic rings. The average molecular weight is 522 g/mol. The molecule has 0 aliphatic carbocycles. The number of imide groups is 1. The third-order valence-electron chi connectivity index (χ3n) is 8.69. The topological polar surface area (TPSA) is 77.1 Å². The molecular weight excluding hydrogens is 486 g/mol. The second-order valence-corrected chi connectivity index (χ2v) is 11.6. The number of carbonyl (C=O) groups excluding carboxylic acids is 2. The fourth-order valence-corrected chi connectivity index (χ4v) is 5.61. The van der Waals surface area contributed by atoms with E-state index in [2.05, 4.69) is 22.3 Å². The number of ether oxygens (including phenoxy) is 1. The minimum absolute atomic E-state index is 0.272. The Bertz CT molecular complexity index is 1230. The van der Waals surface area contributed by atoms with E-state index in [0.717, 1.165) is 37.1 Å². The first-order valence-corrected chi connectivity index (χ1v) is 13.4. The lowest BCUT2D eigenvalue weighted by atomic mass is 9.76. The van der Waals surface area contributed by atoms with Gasteiger partial charge in [0.15, 0.2) is 0 Å². The van der Waals surface area contributed by atoms with Gasteiger partial charge in [0, 0.05) is 25.0 Å². The normalized spacial score (nSPS) is 23.5. The molecule has 0 aromatic heterocycles. The number of methoxy groups -OCH3 is 1. The van der Waals surface area contributed by atoms with Gasteiger partial charge in [-0.15, -0.1) is 0 Å². The first kappa shape index (κ1) is 26.7. The molecule has 0 spiro atoms. The van der Waals surface area contributed by atoms with Gasteiger partial charge in [0.25, 0.3) is 0 Å². The van der Waals surface area contributed by atoms with Crippen LogP contribution in [-0.4, -0.2) is 50.3 Å². The first-order valence-electron chi connectivity index (χ1n) is 13.4. The van der Waals surface area contributed by atoms with Crippen LogP contribution in [0.5, 0.6) is 5.75 Å². The van der Waals surface area contributed by atoms with Crippen molar-refractivity contribution in [1.29, 1.82) is 0 Å².